The van der Waals surface area contributed by atoms with Crippen LogP contribution in [0.25, 0.3) is 0 Å². The van der Waals surface area contributed by atoms with E-state index in [1.807, 2.05) is 0 Å². The lowest BCUT2D eigenvalue weighted by molar-refractivity contribution is 0.587. The predicted molar refractivity (Wildman–Crippen MR) is 64.8 cm³/mol. The zero-order chi connectivity index (χ0) is 11.1. The lowest BCUT2D eigenvalue weighted by atomic mass is 9.86. The van der Waals surface area contributed by atoms with E-state index in [0.717, 1.165) is 5.92 Å². The Morgan fingerprint density at radius 2 is 1.67 bits per heavy atom. The molecule has 82 valence electrons. The van der Waals surface area contributed by atoms with Gasteiger partial charge < -0.3 is 5.73 Å². The molecule has 2 N–H and O–H groups in total. The van der Waals surface area contributed by atoms with Crippen molar-refractivity contribution < 1.29 is 0 Å². The summed E-state index contributed by atoms with van der Waals surface area (Å²) < 4.78 is 0. The maximum atomic E-state index is 6.16. The summed E-state index contributed by atoms with van der Waals surface area (Å²) in [5, 5.41) is 0. The Hall–Kier alpha value is -0.820. The summed E-state index contributed by atoms with van der Waals surface area (Å²) in [5.41, 5.74) is 9.08. The van der Waals surface area contributed by atoms with E-state index in [1.165, 1.54) is 24.0 Å². The highest BCUT2D eigenvalue weighted by atomic mass is 14.7. The third-order valence-corrected chi connectivity index (χ3v) is 3.29. The molecule has 1 fully saturated rings. The minimum Gasteiger partial charge on any atom is -0.324 e. The van der Waals surface area contributed by atoms with Crippen LogP contribution in [0.4, 0.5) is 0 Å². The fraction of sp³-hybridized carbons (Fsp3) is 0.571. The van der Waals surface area contributed by atoms with Gasteiger partial charge in [0.25, 0.3) is 0 Å². The van der Waals surface area contributed by atoms with Gasteiger partial charge in [0.1, 0.15) is 0 Å². The first-order valence-electron chi connectivity index (χ1n) is 5.84. The van der Waals surface area contributed by atoms with Gasteiger partial charge in [0.2, 0.25) is 0 Å². The van der Waals surface area contributed by atoms with Crippen LogP contribution in [0.1, 0.15) is 50.8 Å². The van der Waals surface area contributed by atoms with Crippen LogP contribution in [-0.4, -0.2) is 0 Å². The van der Waals surface area contributed by atoms with Crippen LogP contribution in [0.3, 0.4) is 0 Å². The highest BCUT2D eigenvalue weighted by Crippen LogP contribution is 2.39. The summed E-state index contributed by atoms with van der Waals surface area (Å²) in [6.07, 6.45) is 2.62. The van der Waals surface area contributed by atoms with Crippen LogP contribution in [0.5, 0.6) is 0 Å². The van der Waals surface area contributed by atoms with E-state index in [9.17, 15) is 0 Å². The van der Waals surface area contributed by atoms with Gasteiger partial charge in [-0.25, -0.2) is 0 Å². The molecule has 1 heteroatoms. The average molecular weight is 203 g/mol. The Morgan fingerprint density at radius 3 is 2.07 bits per heavy atom. The maximum Gasteiger partial charge on any atom is 0.0323 e. The van der Waals surface area contributed by atoms with Crippen molar-refractivity contribution in [2.45, 2.75) is 45.1 Å². The second kappa shape index (κ2) is 3.64. The molecule has 0 amide bonds. The van der Waals surface area contributed by atoms with E-state index in [-0.39, 0.29) is 11.5 Å². The fourth-order valence-corrected chi connectivity index (χ4v) is 1.93. The van der Waals surface area contributed by atoms with Gasteiger partial charge in [0, 0.05) is 6.04 Å². The van der Waals surface area contributed by atoms with E-state index in [2.05, 4.69) is 45.0 Å². The molecule has 0 unspecified atom stereocenters. The van der Waals surface area contributed by atoms with E-state index >= 15 is 0 Å². The van der Waals surface area contributed by atoms with Crippen LogP contribution < -0.4 is 5.73 Å². The standard InChI is InChI=1S/C14H21N/c1-14(2,3)12-8-6-11(7-9-12)13(15)10-4-5-10/h6-10,13H,4-5,15H2,1-3H3/t13-/m1/s1. The number of benzene rings is 1. The fourth-order valence-electron chi connectivity index (χ4n) is 1.93. The molecule has 0 bridgehead atoms. The zero-order valence-corrected chi connectivity index (χ0v) is 9.96. The zero-order valence-electron chi connectivity index (χ0n) is 9.96. The second-order valence-corrected chi connectivity index (χ2v) is 5.74. The highest BCUT2D eigenvalue weighted by Gasteiger charge is 2.29. The van der Waals surface area contributed by atoms with Gasteiger partial charge in [0.05, 0.1) is 0 Å². The summed E-state index contributed by atoms with van der Waals surface area (Å²) in [6.45, 7) is 6.72. The van der Waals surface area contributed by atoms with Crippen LogP contribution in [0.2, 0.25) is 0 Å². The van der Waals surface area contributed by atoms with Crippen molar-refractivity contribution in [3.63, 3.8) is 0 Å². The van der Waals surface area contributed by atoms with Gasteiger partial charge in [0.15, 0.2) is 0 Å². The normalized spacial score (nSPS) is 18.9. The molecule has 0 aliphatic heterocycles. The Balaban J connectivity index is 2.16. The number of nitrogens with two attached hydrogens (primary N) is 1. The third-order valence-electron chi connectivity index (χ3n) is 3.29. The SMILES string of the molecule is CC(C)(C)c1ccc([C@H](N)C2CC2)cc1. The summed E-state index contributed by atoms with van der Waals surface area (Å²) >= 11 is 0. The smallest absolute Gasteiger partial charge is 0.0323 e. The molecular formula is C14H21N. The summed E-state index contributed by atoms with van der Waals surface area (Å²) in [5.74, 6) is 0.741. The predicted octanol–water partition coefficient (Wildman–Crippen LogP) is 3.39. The van der Waals surface area contributed by atoms with E-state index in [1.54, 1.807) is 0 Å². The van der Waals surface area contributed by atoms with Crippen molar-refractivity contribution in [2.75, 3.05) is 0 Å². The number of rotatable bonds is 2. The molecule has 15 heavy (non-hydrogen) atoms. The molecule has 2 rings (SSSR count). The molecule has 1 aliphatic carbocycles. The maximum absolute atomic E-state index is 6.16. The molecule has 1 saturated carbocycles. The van der Waals surface area contributed by atoms with E-state index in [0.29, 0.717) is 0 Å². The molecule has 1 aromatic carbocycles. The first kappa shape index (κ1) is 10.7. The molecule has 1 atom stereocenters. The Labute approximate surface area is 92.7 Å². The average Bonchev–Trinajstić information content (AvgIpc) is 2.99. The Kier molecular flexibility index (Phi) is 2.59. The molecule has 1 nitrogen and oxygen atoms in total. The topological polar surface area (TPSA) is 26.0 Å². The van der Waals surface area contributed by atoms with Gasteiger partial charge >= 0.3 is 0 Å². The molecular weight excluding hydrogens is 182 g/mol. The van der Waals surface area contributed by atoms with Crippen molar-refractivity contribution in [1.82, 2.24) is 0 Å². The minimum absolute atomic E-state index is 0.238. The van der Waals surface area contributed by atoms with Crippen molar-refractivity contribution in [3.8, 4) is 0 Å². The molecule has 1 aromatic rings. The minimum atomic E-state index is 0.238. The van der Waals surface area contributed by atoms with Gasteiger partial charge in [-0.15, -0.1) is 0 Å². The first-order chi connectivity index (χ1) is 6.98. The van der Waals surface area contributed by atoms with Gasteiger partial charge in [-0.05, 0) is 35.3 Å². The number of hydrogen-bond donors (Lipinski definition) is 1. The lowest BCUT2D eigenvalue weighted by Crippen LogP contribution is -2.14. The molecule has 1 aliphatic rings. The summed E-state index contributed by atoms with van der Waals surface area (Å²) in [7, 11) is 0. The molecule has 0 radical (unpaired) electrons. The highest BCUT2D eigenvalue weighted by molar-refractivity contribution is 5.29. The van der Waals surface area contributed by atoms with Crippen LogP contribution in [0.15, 0.2) is 24.3 Å². The van der Waals surface area contributed by atoms with Gasteiger partial charge in [-0.1, -0.05) is 45.0 Å². The second-order valence-electron chi connectivity index (χ2n) is 5.74. The molecule has 0 spiro atoms. The van der Waals surface area contributed by atoms with Crippen molar-refractivity contribution >= 4 is 0 Å². The monoisotopic (exact) mass is 203 g/mol. The van der Waals surface area contributed by atoms with Gasteiger partial charge in [-0.2, -0.15) is 0 Å². The molecule has 0 saturated heterocycles. The van der Waals surface area contributed by atoms with Crippen LogP contribution in [-0.2, 0) is 5.41 Å². The first-order valence-corrected chi connectivity index (χ1v) is 5.84. The van der Waals surface area contributed by atoms with Crippen molar-refractivity contribution in [3.05, 3.63) is 35.4 Å². The van der Waals surface area contributed by atoms with E-state index < -0.39 is 0 Å². The summed E-state index contributed by atoms with van der Waals surface area (Å²) in [6, 6.07) is 9.10. The Morgan fingerprint density at radius 1 is 1.13 bits per heavy atom. The Bertz CT molecular complexity index is 327. The lowest BCUT2D eigenvalue weighted by Gasteiger charge is -2.20. The third kappa shape index (κ3) is 2.40. The van der Waals surface area contributed by atoms with E-state index in [4.69, 9.17) is 5.73 Å². The largest absolute Gasteiger partial charge is 0.324 e. The van der Waals surface area contributed by atoms with Crippen LogP contribution >= 0.6 is 0 Å². The number of hydrogen-bond acceptors (Lipinski definition) is 1. The quantitative estimate of drug-likeness (QED) is 0.783. The van der Waals surface area contributed by atoms with Crippen molar-refractivity contribution in [1.29, 1.82) is 0 Å². The summed E-state index contributed by atoms with van der Waals surface area (Å²) in [4.78, 5) is 0. The van der Waals surface area contributed by atoms with Gasteiger partial charge in [-0.3, -0.25) is 0 Å². The van der Waals surface area contributed by atoms with Crippen molar-refractivity contribution in [2.24, 2.45) is 11.7 Å². The molecule has 0 aromatic heterocycles. The van der Waals surface area contributed by atoms with Crippen LogP contribution in [0, 0.1) is 5.92 Å². The molecule has 0 heterocycles.